The van der Waals surface area contributed by atoms with Gasteiger partial charge in [-0.15, -0.1) is 0 Å². The summed E-state index contributed by atoms with van der Waals surface area (Å²) in [7, 11) is 0. The van der Waals surface area contributed by atoms with E-state index in [0.29, 0.717) is 12.8 Å². The van der Waals surface area contributed by atoms with Crippen molar-refractivity contribution in [2.45, 2.75) is 56.8 Å². The average Bonchev–Trinajstić information content (AvgIpc) is 3.15. The third-order valence-electron chi connectivity index (χ3n) is 5.01. The molecule has 5 heteroatoms. The van der Waals surface area contributed by atoms with Gasteiger partial charge in [-0.2, -0.15) is 0 Å². The lowest BCUT2D eigenvalue weighted by Crippen LogP contribution is -2.50. The largest absolute Gasteiger partial charge is 0.479 e. The van der Waals surface area contributed by atoms with E-state index < -0.39 is 18.2 Å². The molecule has 3 atom stereocenters. The van der Waals surface area contributed by atoms with Crippen LogP contribution in [0.4, 0.5) is 0 Å². The van der Waals surface area contributed by atoms with E-state index in [1.54, 1.807) is 0 Å². The first-order valence-corrected chi connectivity index (χ1v) is 8.23. The SMILES string of the molecule is CC1(Cc2ccccc2)CCCN1C(=O)[C@@H]1CC[C@H](C(=O)O)O1. The zero-order valence-corrected chi connectivity index (χ0v) is 13.4. The molecule has 3 rings (SSSR count). The summed E-state index contributed by atoms with van der Waals surface area (Å²) in [6.45, 7) is 2.84. The van der Waals surface area contributed by atoms with Gasteiger partial charge in [-0.3, -0.25) is 4.79 Å². The maximum absolute atomic E-state index is 12.8. The Morgan fingerprint density at radius 2 is 1.96 bits per heavy atom. The highest BCUT2D eigenvalue weighted by Gasteiger charge is 2.44. The van der Waals surface area contributed by atoms with Gasteiger partial charge in [-0.25, -0.2) is 4.79 Å². The number of carbonyl (C=O) groups excluding carboxylic acids is 1. The molecule has 1 unspecified atom stereocenters. The molecule has 5 nitrogen and oxygen atoms in total. The Hall–Kier alpha value is -1.88. The molecule has 2 saturated heterocycles. The second-order valence-electron chi connectivity index (χ2n) is 6.78. The van der Waals surface area contributed by atoms with Gasteiger partial charge in [0.15, 0.2) is 6.10 Å². The van der Waals surface area contributed by atoms with E-state index in [9.17, 15) is 9.59 Å². The van der Waals surface area contributed by atoms with Crippen LogP contribution in [0.3, 0.4) is 0 Å². The summed E-state index contributed by atoms with van der Waals surface area (Å²) in [6, 6.07) is 10.2. The molecule has 1 amide bonds. The minimum absolute atomic E-state index is 0.0512. The van der Waals surface area contributed by atoms with Gasteiger partial charge in [0.1, 0.15) is 6.10 Å². The summed E-state index contributed by atoms with van der Waals surface area (Å²) in [5, 5.41) is 9.03. The number of carbonyl (C=O) groups is 2. The number of ether oxygens (including phenoxy) is 1. The molecule has 23 heavy (non-hydrogen) atoms. The molecule has 0 aliphatic carbocycles. The van der Waals surface area contributed by atoms with Crippen molar-refractivity contribution in [1.82, 2.24) is 4.90 Å². The first kappa shape index (κ1) is 16.0. The van der Waals surface area contributed by atoms with Crippen LogP contribution in [0.2, 0.25) is 0 Å². The van der Waals surface area contributed by atoms with Gasteiger partial charge in [0.25, 0.3) is 5.91 Å². The van der Waals surface area contributed by atoms with E-state index in [0.717, 1.165) is 25.8 Å². The Balaban J connectivity index is 1.71. The van der Waals surface area contributed by atoms with Crippen LogP contribution in [0.5, 0.6) is 0 Å². The van der Waals surface area contributed by atoms with Crippen molar-refractivity contribution in [3.63, 3.8) is 0 Å². The smallest absolute Gasteiger partial charge is 0.332 e. The standard InChI is InChI=1S/C18H23NO4/c1-18(12-13-6-3-2-4-7-13)10-5-11-19(18)16(20)14-8-9-15(23-14)17(21)22/h2-4,6-7,14-15H,5,8-12H2,1H3,(H,21,22)/t14-,15+,18?/m0/s1. The molecule has 2 fully saturated rings. The van der Waals surface area contributed by atoms with Crippen LogP contribution in [-0.4, -0.2) is 46.2 Å². The Kier molecular flexibility index (Phi) is 4.39. The summed E-state index contributed by atoms with van der Waals surface area (Å²) in [5.41, 5.74) is 0.994. The molecular formula is C18H23NO4. The highest BCUT2D eigenvalue weighted by Crippen LogP contribution is 2.34. The van der Waals surface area contributed by atoms with Crippen LogP contribution >= 0.6 is 0 Å². The number of aliphatic carboxylic acids is 1. The second-order valence-corrected chi connectivity index (χ2v) is 6.78. The van der Waals surface area contributed by atoms with Crippen LogP contribution in [0, 0.1) is 0 Å². The van der Waals surface area contributed by atoms with Gasteiger partial charge < -0.3 is 14.7 Å². The molecule has 0 spiro atoms. The van der Waals surface area contributed by atoms with E-state index in [2.05, 4.69) is 19.1 Å². The topological polar surface area (TPSA) is 66.8 Å². The second kappa shape index (κ2) is 6.32. The van der Waals surface area contributed by atoms with Crippen molar-refractivity contribution in [1.29, 1.82) is 0 Å². The van der Waals surface area contributed by atoms with Crippen molar-refractivity contribution >= 4 is 11.9 Å². The zero-order valence-electron chi connectivity index (χ0n) is 13.4. The van der Waals surface area contributed by atoms with Crippen molar-refractivity contribution in [3.05, 3.63) is 35.9 Å². The molecule has 0 radical (unpaired) electrons. The highest BCUT2D eigenvalue weighted by atomic mass is 16.5. The maximum Gasteiger partial charge on any atom is 0.332 e. The maximum atomic E-state index is 12.8. The van der Waals surface area contributed by atoms with E-state index >= 15 is 0 Å². The third kappa shape index (κ3) is 3.24. The molecule has 124 valence electrons. The minimum atomic E-state index is -0.978. The van der Waals surface area contributed by atoms with E-state index in [4.69, 9.17) is 9.84 Å². The van der Waals surface area contributed by atoms with Crippen molar-refractivity contribution in [2.75, 3.05) is 6.54 Å². The van der Waals surface area contributed by atoms with Crippen LogP contribution in [0.25, 0.3) is 0 Å². The lowest BCUT2D eigenvalue weighted by atomic mass is 9.90. The van der Waals surface area contributed by atoms with Crippen LogP contribution < -0.4 is 0 Å². The summed E-state index contributed by atoms with van der Waals surface area (Å²) in [6.07, 6.45) is 2.21. The lowest BCUT2D eigenvalue weighted by molar-refractivity contribution is -0.156. The number of benzene rings is 1. The Labute approximate surface area is 136 Å². The van der Waals surface area contributed by atoms with Crippen molar-refractivity contribution < 1.29 is 19.4 Å². The first-order valence-electron chi connectivity index (χ1n) is 8.23. The number of rotatable bonds is 4. The number of nitrogens with zero attached hydrogens (tertiary/aromatic N) is 1. The predicted molar refractivity (Wildman–Crippen MR) is 85.0 cm³/mol. The van der Waals surface area contributed by atoms with Gasteiger partial charge in [0, 0.05) is 12.1 Å². The van der Waals surface area contributed by atoms with Crippen LogP contribution in [0.15, 0.2) is 30.3 Å². The fourth-order valence-electron chi connectivity index (χ4n) is 3.79. The molecule has 2 aliphatic heterocycles. The Bertz CT molecular complexity index is 588. The van der Waals surface area contributed by atoms with Crippen molar-refractivity contribution in [2.24, 2.45) is 0 Å². The average molecular weight is 317 g/mol. The minimum Gasteiger partial charge on any atom is -0.479 e. The molecule has 2 heterocycles. The molecule has 0 aromatic heterocycles. The van der Waals surface area contributed by atoms with Gasteiger partial charge in [-0.05, 0) is 44.6 Å². The van der Waals surface area contributed by atoms with Gasteiger partial charge in [0.05, 0.1) is 0 Å². The summed E-state index contributed by atoms with van der Waals surface area (Å²) in [4.78, 5) is 25.8. The lowest BCUT2D eigenvalue weighted by Gasteiger charge is -2.37. The molecule has 1 N–H and O–H groups in total. The fraction of sp³-hybridized carbons (Fsp3) is 0.556. The summed E-state index contributed by atoms with van der Waals surface area (Å²) < 4.78 is 5.45. The van der Waals surface area contributed by atoms with Gasteiger partial charge >= 0.3 is 5.97 Å². The van der Waals surface area contributed by atoms with Crippen LogP contribution in [0.1, 0.15) is 38.2 Å². The third-order valence-corrected chi connectivity index (χ3v) is 5.01. The fourth-order valence-corrected chi connectivity index (χ4v) is 3.79. The number of hydrogen-bond acceptors (Lipinski definition) is 3. The zero-order chi connectivity index (χ0) is 16.4. The monoisotopic (exact) mass is 317 g/mol. The highest BCUT2D eigenvalue weighted by molar-refractivity contribution is 5.83. The van der Waals surface area contributed by atoms with Gasteiger partial charge in [-0.1, -0.05) is 30.3 Å². The molecule has 1 aromatic rings. The summed E-state index contributed by atoms with van der Waals surface area (Å²) >= 11 is 0. The molecular weight excluding hydrogens is 294 g/mol. The first-order chi connectivity index (χ1) is 11.0. The predicted octanol–water partition coefficient (Wildman–Crippen LogP) is 2.24. The van der Waals surface area contributed by atoms with Crippen molar-refractivity contribution in [3.8, 4) is 0 Å². The summed E-state index contributed by atoms with van der Waals surface area (Å²) in [5.74, 6) is -1.03. The quantitative estimate of drug-likeness (QED) is 0.925. The number of carboxylic acid groups (broad SMARTS) is 1. The van der Waals surface area contributed by atoms with E-state index in [-0.39, 0.29) is 11.4 Å². The Morgan fingerprint density at radius 1 is 1.26 bits per heavy atom. The molecule has 0 bridgehead atoms. The van der Waals surface area contributed by atoms with E-state index in [1.807, 2.05) is 23.1 Å². The number of amides is 1. The molecule has 2 aliphatic rings. The molecule has 0 saturated carbocycles. The molecule has 1 aromatic carbocycles. The van der Waals surface area contributed by atoms with E-state index in [1.165, 1.54) is 5.56 Å². The van der Waals surface area contributed by atoms with Gasteiger partial charge in [0.2, 0.25) is 0 Å². The Morgan fingerprint density at radius 3 is 2.61 bits per heavy atom. The normalized spacial score (nSPS) is 30.6. The number of likely N-dealkylation sites (tertiary alicyclic amines) is 1. The van der Waals surface area contributed by atoms with Crippen LogP contribution in [-0.2, 0) is 20.7 Å². The number of carboxylic acids is 1. The number of hydrogen-bond donors (Lipinski definition) is 1.